The molecule has 0 aromatic rings. The number of rotatable bonds is 3. The molecule has 0 bridgehead atoms. The molecule has 10 heteroatoms. The van der Waals surface area contributed by atoms with Crippen molar-refractivity contribution >= 4 is 5.71 Å². The minimum atomic E-state index is -5.48. The van der Waals surface area contributed by atoms with E-state index in [2.05, 4.69) is 11.6 Å². The normalized spacial score (nSPS) is 15.9. The summed E-state index contributed by atoms with van der Waals surface area (Å²) in [4.78, 5) is 2.31. The third-order valence-electron chi connectivity index (χ3n) is 2.30. The van der Waals surface area contributed by atoms with Crippen LogP contribution in [0.2, 0.25) is 0 Å². The van der Waals surface area contributed by atoms with Gasteiger partial charge in [0.1, 0.15) is 11.4 Å². The standard InChI is InChI=1S/C11H10F9N/c1-4-7(5(2)9(12,13)14)8(11(18,19)20)21-6(3)10(15,16)17/h2,4H2,1,3H3/b8-7-,21-6?. The van der Waals surface area contributed by atoms with E-state index in [0.29, 0.717) is 0 Å². The molecule has 0 spiro atoms. The predicted octanol–water partition coefficient (Wildman–Crippen LogP) is 5.35. The molecule has 21 heavy (non-hydrogen) atoms. The summed E-state index contributed by atoms with van der Waals surface area (Å²) in [5.74, 6) is 0. The molecule has 0 saturated heterocycles. The molecule has 0 aliphatic rings. The summed E-state index contributed by atoms with van der Waals surface area (Å²) in [5.41, 5.74) is -7.47. The van der Waals surface area contributed by atoms with Crippen LogP contribution in [0, 0.1) is 0 Å². The minimum Gasteiger partial charge on any atom is -0.243 e. The van der Waals surface area contributed by atoms with E-state index in [0.717, 1.165) is 6.92 Å². The number of alkyl halides is 9. The first-order valence-corrected chi connectivity index (χ1v) is 5.31. The van der Waals surface area contributed by atoms with Crippen LogP contribution in [0.1, 0.15) is 20.3 Å². The second-order valence-corrected chi connectivity index (χ2v) is 3.85. The van der Waals surface area contributed by atoms with Crippen molar-refractivity contribution < 1.29 is 39.5 Å². The molecule has 0 amide bonds. The molecular weight excluding hydrogens is 317 g/mol. The van der Waals surface area contributed by atoms with Gasteiger partial charge in [-0.2, -0.15) is 39.5 Å². The van der Waals surface area contributed by atoms with Gasteiger partial charge in [-0.1, -0.05) is 13.5 Å². The number of hydrogen-bond acceptors (Lipinski definition) is 1. The fourth-order valence-electron chi connectivity index (χ4n) is 1.23. The van der Waals surface area contributed by atoms with Crippen LogP contribution in [0.5, 0.6) is 0 Å². The van der Waals surface area contributed by atoms with Crippen molar-refractivity contribution in [3.05, 3.63) is 23.4 Å². The van der Waals surface area contributed by atoms with E-state index in [4.69, 9.17) is 0 Å². The molecule has 1 nitrogen and oxygen atoms in total. The lowest BCUT2D eigenvalue weighted by atomic mass is 10.0. The van der Waals surface area contributed by atoms with Crippen molar-refractivity contribution in [1.29, 1.82) is 0 Å². The van der Waals surface area contributed by atoms with Crippen LogP contribution in [0.4, 0.5) is 39.5 Å². The van der Waals surface area contributed by atoms with Gasteiger partial charge < -0.3 is 0 Å². The van der Waals surface area contributed by atoms with E-state index in [9.17, 15) is 39.5 Å². The first-order chi connectivity index (χ1) is 9.12. The monoisotopic (exact) mass is 327 g/mol. The van der Waals surface area contributed by atoms with Crippen LogP contribution in [-0.4, -0.2) is 24.2 Å². The molecule has 0 rings (SSSR count). The van der Waals surface area contributed by atoms with E-state index < -0.39 is 47.5 Å². The highest BCUT2D eigenvalue weighted by atomic mass is 19.4. The summed E-state index contributed by atoms with van der Waals surface area (Å²) in [6.07, 6.45) is -16.7. The minimum absolute atomic E-state index is 0.232. The third-order valence-corrected chi connectivity index (χ3v) is 2.30. The van der Waals surface area contributed by atoms with E-state index >= 15 is 0 Å². The lowest BCUT2D eigenvalue weighted by Crippen LogP contribution is -2.24. The molecule has 0 aromatic heterocycles. The average molecular weight is 327 g/mol. The third kappa shape index (κ3) is 5.43. The van der Waals surface area contributed by atoms with Gasteiger partial charge >= 0.3 is 18.5 Å². The van der Waals surface area contributed by atoms with Crippen molar-refractivity contribution in [3.8, 4) is 0 Å². The van der Waals surface area contributed by atoms with Crippen LogP contribution in [-0.2, 0) is 0 Å². The van der Waals surface area contributed by atoms with Gasteiger partial charge in [-0.05, 0) is 18.9 Å². The Hall–Kier alpha value is -1.48. The van der Waals surface area contributed by atoms with E-state index in [1.807, 2.05) is 0 Å². The molecule has 0 aromatic carbocycles. The molecule has 0 radical (unpaired) electrons. The van der Waals surface area contributed by atoms with Crippen LogP contribution in [0.15, 0.2) is 28.4 Å². The summed E-state index contributed by atoms with van der Waals surface area (Å²) >= 11 is 0. The Balaban J connectivity index is 6.27. The molecule has 0 saturated carbocycles. The highest BCUT2D eigenvalue weighted by molar-refractivity contribution is 5.88. The second kappa shape index (κ2) is 6.10. The topological polar surface area (TPSA) is 12.4 Å². The first-order valence-electron chi connectivity index (χ1n) is 5.31. The maximum Gasteiger partial charge on any atom is 0.433 e. The molecule has 122 valence electrons. The van der Waals surface area contributed by atoms with Crippen LogP contribution in [0.3, 0.4) is 0 Å². The quantitative estimate of drug-likeness (QED) is 0.376. The predicted molar refractivity (Wildman–Crippen MR) is 57.7 cm³/mol. The highest BCUT2D eigenvalue weighted by Gasteiger charge is 2.43. The fourth-order valence-corrected chi connectivity index (χ4v) is 1.23. The molecule has 0 atom stereocenters. The molecule has 0 fully saturated rings. The van der Waals surface area contributed by atoms with E-state index in [-0.39, 0.29) is 6.92 Å². The lowest BCUT2D eigenvalue weighted by molar-refractivity contribution is -0.0983. The summed E-state index contributed by atoms with van der Waals surface area (Å²) < 4.78 is 112. The zero-order chi connectivity index (χ0) is 17.2. The van der Waals surface area contributed by atoms with Gasteiger partial charge in [0, 0.05) is 0 Å². The number of aliphatic imine (C=N–C) groups is 1. The van der Waals surface area contributed by atoms with Crippen molar-refractivity contribution in [3.63, 3.8) is 0 Å². The maximum atomic E-state index is 12.7. The number of halogens is 9. The van der Waals surface area contributed by atoms with Crippen LogP contribution in [0.25, 0.3) is 0 Å². The lowest BCUT2D eigenvalue weighted by Gasteiger charge is -2.18. The Morgan fingerprint density at radius 3 is 1.52 bits per heavy atom. The smallest absolute Gasteiger partial charge is 0.243 e. The Labute approximate surface area is 113 Å². The van der Waals surface area contributed by atoms with Gasteiger partial charge in [-0.15, -0.1) is 0 Å². The molecule has 0 aliphatic heterocycles. The molecule has 0 aliphatic carbocycles. The zero-order valence-corrected chi connectivity index (χ0v) is 10.8. The number of nitrogens with zero attached hydrogens (tertiary/aromatic N) is 1. The molecule has 0 heterocycles. The maximum absolute atomic E-state index is 12.7. The summed E-state index contributed by atoms with van der Waals surface area (Å²) in [7, 11) is 0. The second-order valence-electron chi connectivity index (χ2n) is 3.85. The molecule has 0 N–H and O–H groups in total. The van der Waals surface area contributed by atoms with Crippen molar-refractivity contribution in [1.82, 2.24) is 0 Å². The van der Waals surface area contributed by atoms with Gasteiger partial charge in [0.05, 0.1) is 5.57 Å². The summed E-state index contributed by atoms with van der Waals surface area (Å²) in [5, 5.41) is 0. The number of allylic oxidation sites excluding steroid dienone is 3. The molecule has 0 unspecified atom stereocenters. The largest absolute Gasteiger partial charge is 0.433 e. The highest BCUT2D eigenvalue weighted by Crippen LogP contribution is 2.39. The summed E-state index contributed by atoms with van der Waals surface area (Å²) in [6, 6.07) is 0. The first kappa shape index (κ1) is 19.5. The average Bonchev–Trinajstić information content (AvgIpc) is 2.24. The van der Waals surface area contributed by atoms with E-state index in [1.54, 1.807) is 0 Å². The summed E-state index contributed by atoms with van der Waals surface area (Å²) in [6.45, 7) is 3.63. The van der Waals surface area contributed by atoms with Crippen molar-refractivity contribution in [2.24, 2.45) is 4.99 Å². The SMILES string of the molecule is C=C(/C(CC)=C(\N=C(C)C(F)(F)F)C(F)(F)F)C(F)(F)F. The fraction of sp³-hybridized carbons (Fsp3) is 0.545. The Morgan fingerprint density at radius 2 is 1.29 bits per heavy atom. The van der Waals surface area contributed by atoms with Gasteiger partial charge in [-0.3, -0.25) is 0 Å². The van der Waals surface area contributed by atoms with Crippen molar-refractivity contribution in [2.75, 3.05) is 0 Å². The van der Waals surface area contributed by atoms with Crippen molar-refractivity contribution in [2.45, 2.75) is 38.8 Å². The van der Waals surface area contributed by atoms with Gasteiger partial charge in [0.15, 0.2) is 0 Å². The van der Waals surface area contributed by atoms with Crippen LogP contribution < -0.4 is 0 Å². The van der Waals surface area contributed by atoms with E-state index in [1.165, 1.54) is 0 Å². The van der Waals surface area contributed by atoms with Gasteiger partial charge in [0.2, 0.25) is 0 Å². The van der Waals surface area contributed by atoms with Gasteiger partial charge in [0.25, 0.3) is 0 Å². The number of hydrogen-bond donors (Lipinski definition) is 0. The Morgan fingerprint density at radius 1 is 0.857 bits per heavy atom. The Kier molecular flexibility index (Phi) is 5.67. The molecular formula is C11H10F9N. The Bertz CT molecular complexity index is 460. The van der Waals surface area contributed by atoms with Crippen LogP contribution >= 0.6 is 0 Å². The van der Waals surface area contributed by atoms with Gasteiger partial charge in [-0.25, -0.2) is 4.99 Å². The zero-order valence-electron chi connectivity index (χ0n) is 10.8.